The fourth-order valence-electron chi connectivity index (χ4n) is 1.22. The predicted molar refractivity (Wildman–Crippen MR) is 66.7 cm³/mol. The molecule has 0 saturated heterocycles. The summed E-state index contributed by atoms with van der Waals surface area (Å²) in [4.78, 5) is 24.1. The van der Waals surface area contributed by atoms with Gasteiger partial charge in [0, 0.05) is 32.7 Å². The van der Waals surface area contributed by atoms with Crippen LogP contribution >= 0.6 is 0 Å². The molecule has 98 valence electrons. The van der Waals surface area contributed by atoms with Crippen LogP contribution in [0.25, 0.3) is 0 Å². The number of benzene rings is 1. The molecule has 0 atom stereocenters. The van der Waals surface area contributed by atoms with Gasteiger partial charge >= 0.3 is 6.03 Å². The van der Waals surface area contributed by atoms with Gasteiger partial charge in [0.2, 0.25) is 5.91 Å². The van der Waals surface area contributed by atoms with E-state index < -0.39 is 6.03 Å². The van der Waals surface area contributed by atoms with Gasteiger partial charge in [-0.3, -0.25) is 4.79 Å². The topological polar surface area (TPSA) is 61.4 Å². The Balaban J connectivity index is 2.30. The highest BCUT2D eigenvalue weighted by Crippen LogP contribution is 2.07. The van der Waals surface area contributed by atoms with Crippen molar-refractivity contribution in [3.05, 3.63) is 30.1 Å². The van der Waals surface area contributed by atoms with Gasteiger partial charge < -0.3 is 15.5 Å². The lowest BCUT2D eigenvalue weighted by molar-refractivity contribution is -0.128. The van der Waals surface area contributed by atoms with E-state index >= 15 is 0 Å². The monoisotopic (exact) mass is 253 g/mol. The molecule has 3 amide bonds. The van der Waals surface area contributed by atoms with Crippen LogP contribution in [0.15, 0.2) is 24.3 Å². The fraction of sp³-hybridized carbons (Fsp3) is 0.333. The lowest BCUT2D eigenvalue weighted by atomic mass is 10.3. The van der Waals surface area contributed by atoms with E-state index in [0.29, 0.717) is 5.69 Å². The smallest absolute Gasteiger partial charge is 0.319 e. The summed E-state index contributed by atoms with van der Waals surface area (Å²) in [7, 11) is 3.31. The minimum atomic E-state index is -0.423. The zero-order chi connectivity index (χ0) is 13.5. The van der Waals surface area contributed by atoms with Crippen LogP contribution in [0.1, 0.15) is 6.42 Å². The summed E-state index contributed by atoms with van der Waals surface area (Å²) in [5, 5.41) is 5.07. The number of anilines is 1. The van der Waals surface area contributed by atoms with Crippen LogP contribution in [-0.2, 0) is 4.79 Å². The maximum absolute atomic E-state index is 12.6. The molecule has 0 unspecified atom stereocenters. The number of carbonyl (C=O) groups is 2. The van der Waals surface area contributed by atoms with Gasteiger partial charge in [-0.15, -0.1) is 0 Å². The number of urea groups is 1. The van der Waals surface area contributed by atoms with Crippen LogP contribution < -0.4 is 10.6 Å². The second kappa shape index (κ2) is 6.58. The van der Waals surface area contributed by atoms with Crippen molar-refractivity contribution in [2.75, 3.05) is 26.0 Å². The first kappa shape index (κ1) is 14.0. The zero-order valence-electron chi connectivity index (χ0n) is 10.4. The Morgan fingerprint density at radius 3 is 2.39 bits per heavy atom. The van der Waals surface area contributed by atoms with Gasteiger partial charge in [-0.25, -0.2) is 9.18 Å². The summed E-state index contributed by atoms with van der Waals surface area (Å²) in [6.45, 7) is 0.254. The molecule has 1 aromatic carbocycles. The van der Waals surface area contributed by atoms with Crippen molar-refractivity contribution < 1.29 is 14.0 Å². The van der Waals surface area contributed by atoms with E-state index in [1.807, 2.05) is 0 Å². The molecule has 0 fully saturated rings. The molecular weight excluding hydrogens is 237 g/mol. The van der Waals surface area contributed by atoms with Crippen LogP contribution in [0, 0.1) is 5.82 Å². The number of halogens is 1. The summed E-state index contributed by atoms with van der Waals surface area (Å²) in [6, 6.07) is 5.00. The maximum Gasteiger partial charge on any atom is 0.319 e. The Labute approximate surface area is 105 Å². The van der Waals surface area contributed by atoms with E-state index in [9.17, 15) is 14.0 Å². The van der Waals surface area contributed by atoms with E-state index in [1.165, 1.54) is 29.2 Å². The molecule has 5 nitrogen and oxygen atoms in total. The van der Waals surface area contributed by atoms with E-state index in [1.54, 1.807) is 14.1 Å². The van der Waals surface area contributed by atoms with Crippen LogP contribution in [0.3, 0.4) is 0 Å². The number of hydrogen-bond acceptors (Lipinski definition) is 2. The number of hydrogen-bond donors (Lipinski definition) is 2. The molecule has 0 saturated carbocycles. The van der Waals surface area contributed by atoms with Crippen LogP contribution in [0.5, 0.6) is 0 Å². The summed E-state index contributed by atoms with van der Waals surface area (Å²) in [5.41, 5.74) is 0.493. The highest BCUT2D eigenvalue weighted by molar-refractivity contribution is 5.89. The maximum atomic E-state index is 12.6. The van der Waals surface area contributed by atoms with Gasteiger partial charge in [0.1, 0.15) is 5.82 Å². The molecule has 0 bridgehead atoms. The van der Waals surface area contributed by atoms with Crippen LogP contribution in [0.4, 0.5) is 14.9 Å². The van der Waals surface area contributed by atoms with Crippen molar-refractivity contribution in [1.82, 2.24) is 10.2 Å². The largest absolute Gasteiger partial charge is 0.349 e. The van der Waals surface area contributed by atoms with Gasteiger partial charge in [-0.05, 0) is 24.3 Å². The Bertz CT molecular complexity index is 418. The lowest BCUT2D eigenvalue weighted by Gasteiger charge is -2.11. The second-order valence-corrected chi connectivity index (χ2v) is 3.93. The first-order valence-corrected chi connectivity index (χ1v) is 5.49. The molecular formula is C12H16FN3O2. The van der Waals surface area contributed by atoms with Crippen molar-refractivity contribution in [1.29, 1.82) is 0 Å². The van der Waals surface area contributed by atoms with Gasteiger partial charge in [0.25, 0.3) is 0 Å². The molecule has 0 heterocycles. The molecule has 6 heteroatoms. The third kappa shape index (κ3) is 4.82. The number of nitrogens with one attached hydrogen (secondary N) is 2. The average Bonchev–Trinajstić information content (AvgIpc) is 2.32. The average molecular weight is 253 g/mol. The lowest BCUT2D eigenvalue weighted by Crippen LogP contribution is -2.33. The summed E-state index contributed by atoms with van der Waals surface area (Å²) in [5.74, 6) is -0.422. The highest BCUT2D eigenvalue weighted by atomic mass is 19.1. The summed E-state index contributed by atoms with van der Waals surface area (Å²) >= 11 is 0. The molecule has 0 aromatic heterocycles. The number of nitrogens with zero attached hydrogens (tertiary/aromatic N) is 1. The molecule has 0 spiro atoms. The predicted octanol–water partition coefficient (Wildman–Crippen LogP) is 1.43. The zero-order valence-corrected chi connectivity index (χ0v) is 10.4. The molecule has 0 aliphatic heterocycles. The minimum absolute atomic E-state index is 0.0583. The third-order valence-corrected chi connectivity index (χ3v) is 2.23. The standard InChI is InChI=1S/C12H16FN3O2/c1-16(2)11(17)7-8-14-12(18)15-10-5-3-9(13)4-6-10/h3-6H,7-8H2,1-2H3,(H2,14,15,18). The van der Waals surface area contributed by atoms with Gasteiger partial charge in [-0.2, -0.15) is 0 Å². The van der Waals surface area contributed by atoms with Crippen molar-refractivity contribution in [2.45, 2.75) is 6.42 Å². The summed E-state index contributed by atoms with van der Waals surface area (Å²) in [6.07, 6.45) is 0.240. The first-order chi connectivity index (χ1) is 8.49. The normalized spacial score (nSPS) is 9.72. The van der Waals surface area contributed by atoms with Crippen LogP contribution in [0.2, 0.25) is 0 Å². The minimum Gasteiger partial charge on any atom is -0.349 e. The molecule has 0 aliphatic rings. The van der Waals surface area contributed by atoms with Gasteiger partial charge in [0.15, 0.2) is 0 Å². The quantitative estimate of drug-likeness (QED) is 0.852. The van der Waals surface area contributed by atoms with E-state index in [-0.39, 0.29) is 24.7 Å². The number of amides is 3. The number of rotatable bonds is 4. The SMILES string of the molecule is CN(C)C(=O)CCNC(=O)Nc1ccc(F)cc1. The van der Waals surface area contributed by atoms with Crippen molar-refractivity contribution in [3.8, 4) is 0 Å². The highest BCUT2D eigenvalue weighted by Gasteiger charge is 2.05. The molecule has 2 N–H and O–H groups in total. The number of carbonyl (C=O) groups excluding carboxylic acids is 2. The van der Waals surface area contributed by atoms with Crippen molar-refractivity contribution in [2.24, 2.45) is 0 Å². The van der Waals surface area contributed by atoms with E-state index in [4.69, 9.17) is 0 Å². The Hall–Kier alpha value is -2.11. The molecule has 0 aliphatic carbocycles. The Morgan fingerprint density at radius 1 is 1.22 bits per heavy atom. The fourth-order valence-corrected chi connectivity index (χ4v) is 1.22. The van der Waals surface area contributed by atoms with Gasteiger partial charge in [-0.1, -0.05) is 0 Å². The third-order valence-electron chi connectivity index (χ3n) is 2.23. The Morgan fingerprint density at radius 2 is 1.83 bits per heavy atom. The molecule has 1 aromatic rings. The Kier molecular flexibility index (Phi) is 5.10. The van der Waals surface area contributed by atoms with Crippen molar-refractivity contribution in [3.63, 3.8) is 0 Å². The molecule has 0 radical (unpaired) electrons. The van der Waals surface area contributed by atoms with Crippen LogP contribution in [-0.4, -0.2) is 37.5 Å². The van der Waals surface area contributed by atoms with Crippen molar-refractivity contribution >= 4 is 17.6 Å². The van der Waals surface area contributed by atoms with Gasteiger partial charge in [0.05, 0.1) is 0 Å². The summed E-state index contributed by atoms with van der Waals surface area (Å²) < 4.78 is 12.6. The first-order valence-electron chi connectivity index (χ1n) is 5.49. The molecule has 18 heavy (non-hydrogen) atoms. The molecule has 1 rings (SSSR count). The second-order valence-electron chi connectivity index (χ2n) is 3.93. The van der Waals surface area contributed by atoms with E-state index in [2.05, 4.69) is 10.6 Å². The van der Waals surface area contributed by atoms with E-state index in [0.717, 1.165) is 0 Å².